The third-order valence-electron chi connectivity index (χ3n) is 3.33. The average Bonchev–Trinajstić information content (AvgIpc) is 2.60. The maximum absolute atomic E-state index is 13.7. The van der Waals surface area contributed by atoms with Crippen molar-refractivity contribution in [2.24, 2.45) is 0 Å². The highest BCUT2D eigenvalue weighted by Gasteiger charge is 2.70. The summed E-state index contributed by atoms with van der Waals surface area (Å²) in [6.45, 7) is 3.72. The Labute approximate surface area is 125 Å². The number of rotatable bonds is 4. The quantitative estimate of drug-likeness (QED) is 0.787. The molecule has 0 fully saturated rings. The molecule has 2 amide bonds. The van der Waals surface area contributed by atoms with Crippen LogP contribution in [0.3, 0.4) is 0 Å². The van der Waals surface area contributed by atoms with Gasteiger partial charge in [-0.2, -0.15) is 13.2 Å². The number of carbonyl (C=O) groups is 3. The number of ether oxygens (including phenoxy) is 1. The van der Waals surface area contributed by atoms with E-state index >= 15 is 0 Å². The molecule has 0 aromatic heterocycles. The minimum Gasteiger partial charge on any atom is -0.466 e. The number of methoxy groups -OCH3 is 1. The number of carbonyl (C=O) groups excluding carboxylic acids is 3. The van der Waals surface area contributed by atoms with Crippen molar-refractivity contribution in [3.05, 3.63) is 11.3 Å². The molecule has 1 rings (SSSR count). The van der Waals surface area contributed by atoms with E-state index in [1.54, 1.807) is 12.2 Å². The molecule has 9 heteroatoms. The van der Waals surface area contributed by atoms with Gasteiger partial charge in [0, 0.05) is 19.2 Å². The van der Waals surface area contributed by atoms with E-state index in [-0.39, 0.29) is 12.2 Å². The van der Waals surface area contributed by atoms with Crippen LogP contribution in [0.25, 0.3) is 0 Å². The molecular weight excluding hydrogens is 305 g/mol. The first-order chi connectivity index (χ1) is 10.0. The van der Waals surface area contributed by atoms with Crippen LogP contribution < -0.4 is 5.32 Å². The zero-order chi connectivity index (χ0) is 17.3. The van der Waals surface area contributed by atoms with Crippen molar-refractivity contribution in [1.29, 1.82) is 0 Å². The Morgan fingerprint density at radius 3 is 2.27 bits per heavy atom. The van der Waals surface area contributed by atoms with Crippen LogP contribution in [0.2, 0.25) is 0 Å². The lowest BCUT2D eigenvalue weighted by Crippen LogP contribution is -2.66. The normalized spacial score (nSPS) is 22.1. The van der Waals surface area contributed by atoms with Crippen LogP contribution in [0.5, 0.6) is 0 Å². The van der Waals surface area contributed by atoms with E-state index in [4.69, 9.17) is 0 Å². The van der Waals surface area contributed by atoms with E-state index < -0.39 is 35.1 Å². The van der Waals surface area contributed by atoms with Crippen LogP contribution in [-0.4, -0.2) is 48.1 Å². The number of alkyl halides is 3. The second-order valence-corrected chi connectivity index (χ2v) is 4.84. The summed E-state index contributed by atoms with van der Waals surface area (Å²) in [5.74, 6) is -3.80. The number of nitrogens with zero attached hydrogens (tertiary/aromatic N) is 1. The summed E-state index contributed by atoms with van der Waals surface area (Å²) >= 11 is 0. The minimum absolute atomic E-state index is 0.0113. The van der Waals surface area contributed by atoms with Crippen LogP contribution in [-0.2, 0) is 19.1 Å². The largest absolute Gasteiger partial charge is 0.466 e. The second-order valence-electron chi connectivity index (χ2n) is 4.84. The highest BCUT2D eigenvalue weighted by atomic mass is 19.4. The standard InChI is InChI=1S/C13H17F3N2O4/c1-5-6-18-7(2)9(10(20)22-4)12(11(18)21,13(14,15)16)17-8(3)19/h5-6H2,1-4H3,(H,17,19). The molecule has 0 aromatic rings. The zero-order valence-electron chi connectivity index (χ0n) is 12.6. The third-order valence-corrected chi connectivity index (χ3v) is 3.33. The summed E-state index contributed by atoms with van der Waals surface area (Å²) in [7, 11) is 0.907. The van der Waals surface area contributed by atoms with E-state index in [2.05, 4.69) is 4.74 Å². The summed E-state index contributed by atoms with van der Waals surface area (Å²) in [5, 5.41) is 1.62. The van der Waals surface area contributed by atoms with Gasteiger partial charge in [-0.3, -0.25) is 9.59 Å². The van der Waals surface area contributed by atoms with Gasteiger partial charge in [0.25, 0.3) is 5.91 Å². The van der Waals surface area contributed by atoms with Gasteiger partial charge in [0.15, 0.2) is 0 Å². The highest BCUT2D eigenvalue weighted by Crippen LogP contribution is 2.45. The van der Waals surface area contributed by atoms with Gasteiger partial charge in [0.2, 0.25) is 11.4 Å². The Morgan fingerprint density at radius 2 is 1.91 bits per heavy atom. The molecule has 0 bridgehead atoms. The van der Waals surface area contributed by atoms with E-state index in [1.807, 2.05) is 0 Å². The smallest absolute Gasteiger partial charge is 0.425 e. The molecule has 6 nitrogen and oxygen atoms in total. The fourth-order valence-corrected chi connectivity index (χ4v) is 2.48. The minimum atomic E-state index is -5.19. The molecule has 124 valence electrons. The summed E-state index contributed by atoms with van der Waals surface area (Å²) in [6.07, 6.45) is -4.81. The van der Waals surface area contributed by atoms with Crippen LogP contribution in [0.1, 0.15) is 27.2 Å². The topological polar surface area (TPSA) is 75.7 Å². The Bertz CT molecular complexity index is 542. The van der Waals surface area contributed by atoms with Crippen molar-refractivity contribution in [2.75, 3.05) is 13.7 Å². The molecule has 0 saturated carbocycles. The Hall–Kier alpha value is -2.06. The number of nitrogens with one attached hydrogen (secondary N) is 1. The molecule has 1 N–H and O–H groups in total. The van der Waals surface area contributed by atoms with Crippen molar-refractivity contribution in [1.82, 2.24) is 10.2 Å². The third kappa shape index (κ3) is 2.55. The van der Waals surface area contributed by atoms with E-state index in [0.29, 0.717) is 6.42 Å². The number of allylic oxidation sites excluding steroid dienone is 1. The second kappa shape index (κ2) is 5.98. The predicted octanol–water partition coefficient (Wildman–Crippen LogP) is 1.12. The maximum atomic E-state index is 13.7. The van der Waals surface area contributed by atoms with Gasteiger partial charge in [-0.15, -0.1) is 0 Å². The number of esters is 1. The molecule has 0 aliphatic carbocycles. The van der Waals surface area contributed by atoms with Crippen molar-refractivity contribution in [3.8, 4) is 0 Å². The monoisotopic (exact) mass is 322 g/mol. The lowest BCUT2D eigenvalue weighted by Gasteiger charge is -2.32. The van der Waals surface area contributed by atoms with Gasteiger partial charge in [-0.05, 0) is 13.3 Å². The first-order valence-corrected chi connectivity index (χ1v) is 6.51. The number of hydrogen-bond acceptors (Lipinski definition) is 4. The Balaban J connectivity index is 3.66. The van der Waals surface area contributed by atoms with Gasteiger partial charge < -0.3 is 15.0 Å². The SMILES string of the molecule is CCCN1C(=O)C(NC(C)=O)(C(F)(F)F)C(C(=O)OC)=C1C. The molecule has 0 spiro atoms. The molecule has 0 radical (unpaired) electrons. The Kier molecular flexibility index (Phi) is 4.89. The lowest BCUT2D eigenvalue weighted by atomic mass is 9.89. The summed E-state index contributed by atoms with van der Waals surface area (Å²) in [6, 6.07) is 0. The number of halogens is 3. The molecule has 1 aliphatic heterocycles. The van der Waals surface area contributed by atoms with E-state index in [0.717, 1.165) is 18.9 Å². The fourth-order valence-electron chi connectivity index (χ4n) is 2.48. The van der Waals surface area contributed by atoms with Gasteiger partial charge in [-0.1, -0.05) is 6.92 Å². The predicted molar refractivity (Wildman–Crippen MR) is 69.3 cm³/mol. The molecular formula is C13H17F3N2O4. The maximum Gasteiger partial charge on any atom is 0.425 e. The summed E-state index contributed by atoms with van der Waals surface area (Å²) < 4.78 is 45.4. The molecule has 1 heterocycles. The Morgan fingerprint density at radius 1 is 1.36 bits per heavy atom. The fraction of sp³-hybridized carbons (Fsp3) is 0.615. The van der Waals surface area contributed by atoms with Gasteiger partial charge in [-0.25, -0.2) is 4.79 Å². The van der Waals surface area contributed by atoms with Crippen molar-refractivity contribution >= 4 is 17.8 Å². The zero-order valence-corrected chi connectivity index (χ0v) is 12.6. The van der Waals surface area contributed by atoms with Gasteiger partial charge >= 0.3 is 12.1 Å². The molecule has 1 aliphatic rings. The molecule has 22 heavy (non-hydrogen) atoms. The molecule has 1 atom stereocenters. The highest BCUT2D eigenvalue weighted by molar-refractivity contribution is 6.10. The van der Waals surface area contributed by atoms with Gasteiger partial charge in [0.1, 0.15) is 5.57 Å². The van der Waals surface area contributed by atoms with Crippen LogP contribution in [0.15, 0.2) is 11.3 Å². The first-order valence-electron chi connectivity index (χ1n) is 6.51. The van der Waals surface area contributed by atoms with Crippen LogP contribution >= 0.6 is 0 Å². The van der Waals surface area contributed by atoms with Crippen LogP contribution in [0, 0.1) is 0 Å². The summed E-state index contributed by atoms with van der Waals surface area (Å²) in [5.41, 5.74) is -4.49. The van der Waals surface area contributed by atoms with E-state index in [1.165, 1.54) is 6.92 Å². The van der Waals surface area contributed by atoms with Gasteiger partial charge in [0.05, 0.1) is 7.11 Å². The number of amides is 2. The molecule has 1 unspecified atom stereocenters. The van der Waals surface area contributed by atoms with E-state index in [9.17, 15) is 27.6 Å². The first kappa shape index (κ1) is 18.0. The molecule has 0 aromatic carbocycles. The average molecular weight is 322 g/mol. The number of hydrogen-bond donors (Lipinski definition) is 1. The van der Waals surface area contributed by atoms with Crippen molar-refractivity contribution in [2.45, 2.75) is 38.9 Å². The lowest BCUT2D eigenvalue weighted by molar-refractivity contribution is -0.195. The van der Waals surface area contributed by atoms with Crippen LogP contribution in [0.4, 0.5) is 13.2 Å². The summed E-state index contributed by atoms with van der Waals surface area (Å²) in [4.78, 5) is 36.3. The van der Waals surface area contributed by atoms with Crippen molar-refractivity contribution in [3.63, 3.8) is 0 Å². The molecule has 0 saturated heterocycles. The van der Waals surface area contributed by atoms with Crippen molar-refractivity contribution < 1.29 is 32.3 Å².